The third kappa shape index (κ3) is 3.29. The first-order chi connectivity index (χ1) is 8.96. The molecule has 0 unspecified atom stereocenters. The van der Waals surface area contributed by atoms with Crippen LogP contribution in [-0.4, -0.2) is 24.4 Å². The number of aliphatic hydroxyl groups is 1. The van der Waals surface area contributed by atoms with Crippen LogP contribution in [0.15, 0.2) is 12.1 Å². The predicted molar refractivity (Wildman–Crippen MR) is 73.8 cm³/mol. The summed E-state index contributed by atoms with van der Waals surface area (Å²) in [5.74, 6) is -0.263. The molecule has 106 valence electrons. The van der Waals surface area contributed by atoms with E-state index in [9.17, 15) is 9.50 Å². The van der Waals surface area contributed by atoms with Gasteiger partial charge in [-0.2, -0.15) is 0 Å². The second-order valence-corrected chi connectivity index (χ2v) is 5.55. The van der Waals surface area contributed by atoms with E-state index in [0.717, 1.165) is 12.8 Å². The van der Waals surface area contributed by atoms with Crippen LogP contribution in [-0.2, 0) is 0 Å². The lowest BCUT2D eigenvalue weighted by Gasteiger charge is -2.17. The Balaban J connectivity index is 2.10. The van der Waals surface area contributed by atoms with Gasteiger partial charge < -0.3 is 20.9 Å². The molecule has 1 aromatic carbocycles. The molecule has 0 heterocycles. The lowest BCUT2D eigenvalue weighted by atomic mass is 10.1. The van der Waals surface area contributed by atoms with Crippen molar-refractivity contribution >= 4 is 11.4 Å². The van der Waals surface area contributed by atoms with Gasteiger partial charge in [0.05, 0.1) is 24.1 Å². The highest BCUT2D eigenvalue weighted by Crippen LogP contribution is 2.45. The molecule has 19 heavy (non-hydrogen) atoms. The lowest BCUT2D eigenvalue weighted by Crippen LogP contribution is -2.19. The highest BCUT2D eigenvalue weighted by Gasteiger charge is 2.41. The van der Waals surface area contributed by atoms with Gasteiger partial charge in [-0.3, -0.25) is 0 Å². The minimum absolute atomic E-state index is 0.0279. The summed E-state index contributed by atoms with van der Waals surface area (Å²) in [7, 11) is 0. The Labute approximate surface area is 112 Å². The van der Waals surface area contributed by atoms with Crippen molar-refractivity contribution < 1.29 is 14.2 Å². The largest absolute Gasteiger partial charge is 0.488 e. The van der Waals surface area contributed by atoms with Crippen LogP contribution in [0.1, 0.15) is 26.7 Å². The van der Waals surface area contributed by atoms with Crippen molar-refractivity contribution in [2.45, 2.75) is 32.8 Å². The fourth-order valence-corrected chi connectivity index (χ4v) is 1.92. The molecule has 4 nitrogen and oxygen atoms in total. The van der Waals surface area contributed by atoms with E-state index in [1.165, 1.54) is 6.07 Å². The molecule has 0 spiro atoms. The molecule has 5 heteroatoms. The first-order valence-electron chi connectivity index (χ1n) is 6.56. The second kappa shape index (κ2) is 5.25. The predicted octanol–water partition coefficient (Wildman–Crippen LogP) is 2.38. The third-order valence-electron chi connectivity index (χ3n) is 3.41. The van der Waals surface area contributed by atoms with Gasteiger partial charge in [0.15, 0.2) is 11.6 Å². The van der Waals surface area contributed by atoms with Gasteiger partial charge in [0.2, 0.25) is 0 Å². The molecule has 1 fully saturated rings. The van der Waals surface area contributed by atoms with Crippen LogP contribution in [0.25, 0.3) is 0 Å². The molecule has 1 aliphatic rings. The van der Waals surface area contributed by atoms with E-state index in [0.29, 0.717) is 17.9 Å². The summed E-state index contributed by atoms with van der Waals surface area (Å²) < 4.78 is 19.1. The van der Waals surface area contributed by atoms with Crippen molar-refractivity contribution in [2.24, 2.45) is 5.41 Å². The van der Waals surface area contributed by atoms with Crippen LogP contribution in [0, 0.1) is 11.2 Å². The van der Waals surface area contributed by atoms with Crippen molar-refractivity contribution in [1.29, 1.82) is 0 Å². The Kier molecular flexibility index (Phi) is 3.85. The molecule has 2 rings (SSSR count). The average Bonchev–Trinajstić information content (AvgIpc) is 3.11. The van der Waals surface area contributed by atoms with Gasteiger partial charge in [-0.05, 0) is 26.7 Å². The minimum atomic E-state index is -0.458. The SMILES string of the molecule is CC(C)Oc1cc(NCC2(CO)CC2)c(N)cc1F. The van der Waals surface area contributed by atoms with Crippen molar-refractivity contribution in [3.63, 3.8) is 0 Å². The Morgan fingerprint density at radius 3 is 2.68 bits per heavy atom. The van der Waals surface area contributed by atoms with Crippen LogP contribution in [0.4, 0.5) is 15.8 Å². The van der Waals surface area contributed by atoms with Gasteiger partial charge in [0.25, 0.3) is 0 Å². The zero-order chi connectivity index (χ0) is 14.0. The summed E-state index contributed by atoms with van der Waals surface area (Å²) in [6.45, 7) is 4.48. The van der Waals surface area contributed by atoms with Crippen LogP contribution >= 0.6 is 0 Å². The molecule has 0 aliphatic heterocycles. The highest BCUT2D eigenvalue weighted by atomic mass is 19.1. The molecule has 4 N–H and O–H groups in total. The molecule has 0 aromatic heterocycles. The number of nitrogen functional groups attached to an aromatic ring is 1. The molecule has 0 saturated heterocycles. The van der Waals surface area contributed by atoms with E-state index in [1.807, 2.05) is 13.8 Å². The zero-order valence-electron chi connectivity index (χ0n) is 11.4. The standard InChI is InChI=1S/C14H21FN2O2/c1-9(2)19-13-6-12(11(16)5-10(13)15)17-7-14(8-18)3-4-14/h5-6,9,17-18H,3-4,7-8,16H2,1-2H3. The van der Waals surface area contributed by atoms with Gasteiger partial charge in [-0.15, -0.1) is 0 Å². The molecular weight excluding hydrogens is 247 g/mol. The van der Waals surface area contributed by atoms with Gasteiger partial charge >= 0.3 is 0 Å². The summed E-state index contributed by atoms with van der Waals surface area (Å²) in [5.41, 5.74) is 6.76. The summed E-state index contributed by atoms with van der Waals surface area (Å²) in [5, 5.41) is 12.4. The molecule has 1 saturated carbocycles. The number of benzene rings is 1. The Morgan fingerprint density at radius 2 is 2.16 bits per heavy atom. The summed E-state index contributed by atoms with van der Waals surface area (Å²) in [6, 6.07) is 2.84. The second-order valence-electron chi connectivity index (χ2n) is 5.55. The summed E-state index contributed by atoms with van der Waals surface area (Å²) >= 11 is 0. The number of nitrogens with one attached hydrogen (secondary N) is 1. The molecule has 1 aromatic rings. The Bertz CT molecular complexity index is 459. The lowest BCUT2D eigenvalue weighted by molar-refractivity contribution is 0.219. The number of anilines is 2. The maximum Gasteiger partial charge on any atom is 0.167 e. The number of ether oxygens (including phenoxy) is 1. The van der Waals surface area contributed by atoms with E-state index in [1.54, 1.807) is 6.07 Å². The number of halogens is 1. The minimum Gasteiger partial charge on any atom is -0.488 e. The van der Waals surface area contributed by atoms with E-state index >= 15 is 0 Å². The molecule has 0 radical (unpaired) electrons. The van der Waals surface area contributed by atoms with E-state index in [4.69, 9.17) is 10.5 Å². The first-order valence-corrected chi connectivity index (χ1v) is 6.56. The maximum absolute atomic E-state index is 13.7. The van der Waals surface area contributed by atoms with Crippen LogP contribution in [0.5, 0.6) is 5.75 Å². The third-order valence-corrected chi connectivity index (χ3v) is 3.41. The molecule has 1 aliphatic carbocycles. The Hall–Kier alpha value is -1.49. The van der Waals surface area contributed by atoms with E-state index in [2.05, 4.69) is 5.32 Å². The molecule has 0 atom stereocenters. The maximum atomic E-state index is 13.7. The fraction of sp³-hybridized carbons (Fsp3) is 0.571. The number of nitrogens with two attached hydrogens (primary N) is 1. The van der Waals surface area contributed by atoms with Crippen molar-refractivity contribution in [2.75, 3.05) is 24.2 Å². The van der Waals surface area contributed by atoms with Crippen molar-refractivity contribution in [3.8, 4) is 5.75 Å². The van der Waals surface area contributed by atoms with Gasteiger partial charge in [-0.1, -0.05) is 0 Å². The quantitative estimate of drug-likeness (QED) is 0.693. The average molecular weight is 268 g/mol. The van der Waals surface area contributed by atoms with Crippen LogP contribution < -0.4 is 15.8 Å². The van der Waals surface area contributed by atoms with Crippen LogP contribution in [0.2, 0.25) is 0 Å². The normalized spacial score (nSPS) is 16.5. The number of rotatable bonds is 6. The Morgan fingerprint density at radius 1 is 1.47 bits per heavy atom. The van der Waals surface area contributed by atoms with Crippen molar-refractivity contribution in [3.05, 3.63) is 17.9 Å². The highest BCUT2D eigenvalue weighted by molar-refractivity contribution is 5.68. The van der Waals surface area contributed by atoms with E-state index in [-0.39, 0.29) is 23.9 Å². The van der Waals surface area contributed by atoms with Crippen molar-refractivity contribution in [1.82, 2.24) is 0 Å². The van der Waals surface area contributed by atoms with Gasteiger partial charge in [0.1, 0.15) is 0 Å². The topological polar surface area (TPSA) is 67.5 Å². The number of aliphatic hydroxyl groups excluding tert-OH is 1. The molecule has 0 bridgehead atoms. The summed E-state index contributed by atoms with van der Waals surface area (Å²) in [6.07, 6.45) is 1.91. The first kappa shape index (κ1) is 13.9. The van der Waals surface area contributed by atoms with Gasteiger partial charge in [0, 0.05) is 24.1 Å². The number of hydrogen-bond donors (Lipinski definition) is 3. The molecular formula is C14H21FN2O2. The number of hydrogen-bond acceptors (Lipinski definition) is 4. The monoisotopic (exact) mass is 268 g/mol. The smallest absolute Gasteiger partial charge is 0.167 e. The van der Waals surface area contributed by atoms with Crippen LogP contribution in [0.3, 0.4) is 0 Å². The van der Waals surface area contributed by atoms with Gasteiger partial charge in [-0.25, -0.2) is 4.39 Å². The summed E-state index contributed by atoms with van der Waals surface area (Å²) in [4.78, 5) is 0. The fourth-order valence-electron chi connectivity index (χ4n) is 1.92. The van der Waals surface area contributed by atoms with E-state index < -0.39 is 5.82 Å². The molecule has 0 amide bonds. The zero-order valence-corrected chi connectivity index (χ0v) is 11.4.